The van der Waals surface area contributed by atoms with Crippen LogP contribution in [0.15, 0.2) is 4.90 Å². The third-order valence-electron chi connectivity index (χ3n) is 1.50. The van der Waals surface area contributed by atoms with Gasteiger partial charge in [0.15, 0.2) is 0 Å². The molecule has 0 aliphatic heterocycles. The minimum atomic E-state index is -3.92. The minimum Gasteiger partial charge on any atom is -0.477 e. The highest BCUT2D eigenvalue weighted by atomic mass is 35.5. The van der Waals surface area contributed by atoms with Crippen molar-refractivity contribution in [1.82, 2.24) is 4.72 Å². The maximum Gasteiger partial charge on any atom is 0.347 e. The van der Waals surface area contributed by atoms with Gasteiger partial charge < -0.3 is 5.11 Å². The number of hydrogen-bond acceptors (Lipinski definition) is 4. The number of nitrogens with one attached hydrogen (secondary N) is 1. The van der Waals surface area contributed by atoms with E-state index in [1.54, 1.807) is 0 Å². The monoisotopic (exact) mass is 289 g/mol. The molecule has 9 heteroatoms. The largest absolute Gasteiger partial charge is 0.477 e. The Morgan fingerprint density at radius 3 is 2.40 bits per heavy atom. The highest BCUT2D eigenvalue weighted by Gasteiger charge is 2.29. The van der Waals surface area contributed by atoms with Crippen LogP contribution in [0.5, 0.6) is 0 Å². The molecule has 1 heterocycles. The van der Waals surface area contributed by atoms with E-state index in [0.717, 1.165) is 7.05 Å². The number of halogens is 2. The molecular formula is C6H5Cl2NO4S2. The summed E-state index contributed by atoms with van der Waals surface area (Å²) in [6.07, 6.45) is 0. The highest BCUT2D eigenvalue weighted by Crippen LogP contribution is 2.39. The van der Waals surface area contributed by atoms with Gasteiger partial charge in [0, 0.05) is 0 Å². The van der Waals surface area contributed by atoms with Crippen molar-refractivity contribution < 1.29 is 18.3 Å². The number of hydrogen-bond donors (Lipinski definition) is 2. The van der Waals surface area contributed by atoms with Crippen molar-refractivity contribution in [2.75, 3.05) is 7.05 Å². The Kier molecular flexibility index (Phi) is 3.62. The summed E-state index contributed by atoms with van der Waals surface area (Å²) in [4.78, 5) is 9.86. The molecule has 0 aliphatic rings. The van der Waals surface area contributed by atoms with Gasteiger partial charge in [0.05, 0.1) is 5.02 Å². The van der Waals surface area contributed by atoms with E-state index in [-0.39, 0.29) is 9.36 Å². The Morgan fingerprint density at radius 2 is 2.00 bits per heavy atom. The maximum atomic E-state index is 11.4. The van der Waals surface area contributed by atoms with Gasteiger partial charge in [0.25, 0.3) is 0 Å². The van der Waals surface area contributed by atoms with Gasteiger partial charge in [-0.1, -0.05) is 23.2 Å². The molecule has 5 nitrogen and oxygen atoms in total. The normalized spacial score (nSPS) is 11.7. The first-order chi connectivity index (χ1) is 6.81. The van der Waals surface area contributed by atoms with Crippen LogP contribution in [0.25, 0.3) is 0 Å². The van der Waals surface area contributed by atoms with E-state index in [4.69, 9.17) is 28.3 Å². The molecule has 0 amide bonds. The predicted molar refractivity (Wildman–Crippen MR) is 57.5 cm³/mol. The number of rotatable bonds is 3. The number of carboxylic acids is 1. The van der Waals surface area contributed by atoms with Crippen molar-refractivity contribution in [2.45, 2.75) is 4.90 Å². The molecule has 0 unspecified atom stereocenters. The van der Waals surface area contributed by atoms with Crippen LogP contribution in [0.2, 0.25) is 9.36 Å². The summed E-state index contributed by atoms with van der Waals surface area (Å²) in [5, 5.41) is 8.49. The fourth-order valence-electron chi connectivity index (χ4n) is 0.853. The maximum absolute atomic E-state index is 11.4. The third kappa shape index (κ3) is 2.26. The van der Waals surface area contributed by atoms with E-state index in [0.29, 0.717) is 11.3 Å². The van der Waals surface area contributed by atoms with E-state index in [9.17, 15) is 13.2 Å². The van der Waals surface area contributed by atoms with Crippen LogP contribution in [0.4, 0.5) is 0 Å². The van der Waals surface area contributed by atoms with Crippen LogP contribution in [-0.4, -0.2) is 26.5 Å². The molecule has 0 aliphatic carbocycles. The lowest BCUT2D eigenvalue weighted by atomic mass is 10.5. The van der Waals surface area contributed by atoms with Gasteiger partial charge in [-0.05, 0) is 7.05 Å². The predicted octanol–water partition coefficient (Wildman–Crippen LogP) is 1.66. The summed E-state index contributed by atoms with van der Waals surface area (Å²) in [5.41, 5.74) is 0. The highest BCUT2D eigenvalue weighted by molar-refractivity contribution is 7.89. The molecule has 1 aromatic heterocycles. The summed E-state index contributed by atoms with van der Waals surface area (Å²) in [6.45, 7) is 0. The van der Waals surface area contributed by atoms with Crippen LogP contribution in [-0.2, 0) is 10.0 Å². The summed E-state index contributed by atoms with van der Waals surface area (Å²) >= 11 is 11.8. The Balaban J connectivity index is 3.59. The lowest BCUT2D eigenvalue weighted by Gasteiger charge is -2.01. The van der Waals surface area contributed by atoms with E-state index in [1.807, 2.05) is 4.72 Å². The molecule has 0 aromatic carbocycles. The first kappa shape index (κ1) is 12.7. The van der Waals surface area contributed by atoms with E-state index in [2.05, 4.69) is 0 Å². The van der Waals surface area contributed by atoms with Gasteiger partial charge >= 0.3 is 5.97 Å². The van der Waals surface area contributed by atoms with Crippen molar-refractivity contribution in [1.29, 1.82) is 0 Å². The lowest BCUT2D eigenvalue weighted by molar-refractivity contribution is 0.0698. The SMILES string of the molecule is CNS(=O)(=O)c1c(C(=O)O)sc(Cl)c1Cl. The lowest BCUT2D eigenvalue weighted by Crippen LogP contribution is -2.20. The second kappa shape index (κ2) is 4.26. The van der Waals surface area contributed by atoms with Crippen LogP contribution >= 0.6 is 34.5 Å². The average Bonchev–Trinajstić information content (AvgIpc) is 2.44. The second-order valence-electron chi connectivity index (χ2n) is 2.36. The molecule has 0 saturated heterocycles. The molecule has 2 N–H and O–H groups in total. The Morgan fingerprint density at radius 1 is 1.47 bits per heavy atom. The zero-order valence-electron chi connectivity index (χ0n) is 7.24. The fraction of sp³-hybridized carbons (Fsp3) is 0.167. The first-order valence-electron chi connectivity index (χ1n) is 3.46. The molecule has 1 aromatic rings. The molecule has 0 saturated carbocycles. The van der Waals surface area contributed by atoms with Crippen molar-refractivity contribution in [3.63, 3.8) is 0 Å². The number of carbonyl (C=O) groups is 1. The van der Waals surface area contributed by atoms with E-state index in [1.165, 1.54) is 0 Å². The molecule has 1 rings (SSSR count). The van der Waals surface area contributed by atoms with Crippen LogP contribution in [0, 0.1) is 0 Å². The zero-order chi connectivity index (χ0) is 11.8. The number of aromatic carboxylic acids is 1. The number of thiophene rings is 1. The van der Waals surface area contributed by atoms with Crippen molar-refractivity contribution >= 4 is 50.5 Å². The van der Waals surface area contributed by atoms with Crippen LogP contribution in [0.3, 0.4) is 0 Å². The molecule has 84 valence electrons. The van der Waals surface area contributed by atoms with Gasteiger partial charge in [-0.2, -0.15) is 0 Å². The fourth-order valence-corrected chi connectivity index (χ4v) is 3.85. The summed E-state index contributed by atoms with van der Waals surface area (Å²) in [7, 11) is -2.76. The molecule has 0 fully saturated rings. The summed E-state index contributed by atoms with van der Waals surface area (Å²) in [5.74, 6) is -1.39. The van der Waals surface area contributed by atoms with E-state index < -0.39 is 25.8 Å². The average molecular weight is 290 g/mol. The van der Waals surface area contributed by atoms with Crippen molar-refractivity contribution in [2.24, 2.45) is 0 Å². The van der Waals surface area contributed by atoms with Crippen molar-refractivity contribution in [3.05, 3.63) is 14.2 Å². The second-order valence-corrected chi connectivity index (χ2v) is 6.18. The van der Waals surface area contributed by atoms with E-state index >= 15 is 0 Å². The molecule has 15 heavy (non-hydrogen) atoms. The smallest absolute Gasteiger partial charge is 0.347 e. The van der Waals surface area contributed by atoms with Gasteiger partial charge in [-0.15, -0.1) is 11.3 Å². The van der Waals surface area contributed by atoms with Gasteiger partial charge in [-0.25, -0.2) is 17.9 Å². The molecule has 0 atom stereocenters. The van der Waals surface area contributed by atoms with Crippen LogP contribution < -0.4 is 4.72 Å². The standard InChI is InChI=1S/C6H5Cl2NO4S2/c1-9-15(12,13)4-2(7)5(8)14-3(4)6(10)11/h9H,1H3,(H,10,11). The summed E-state index contributed by atoms with van der Waals surface area (Å²) in [6, 6.07) is 0. The number of sulfonamides is 1. The molecular weight excluding hydrogens is 285 g/mol. The zero-order valence-corrected chi connectivity index (χ0v) is 10.4. The summed E-state index contributed by atoms with van der Waals surface area (Å²) < 4.78 is 24.8. The van der Waals surface area contributed by atoms with Gasteiger partial charge in [0.2, 0.25) is 10.0 Å². The first-order valence-corrected chi connectivity index (χ1v) is 6.51. The third-order valence-corrected chi connectivity index (χ3v) is 5.20. The number of carboxylic acid groups (broad SMARTS) is 1. The Bertz CT molecular complexity index is 507. The minimum absolute atomic E-state index is 0.0668. The Labute approximate surface area is 99.7 Å². The van der Waals surface area contributed by atoms with Crippen molar-refractivity contribution in [3.8, 4) is 0 Å². The van der Waals surface area contributed by atoms with Gasteiger partial charge in [0.1, 0.15) is 14.1 Å². The Hall–Kier alpha value is -0.340. The molecule has 0 spiro atoms. The quantitative estimate of drug-likeness (QED) is 0.886. The van der Waals surface area contributed by atoms with Gasteiger partial charge in [-0.3, -0.25) is 0 Å². The van der Waals surface area contributed by atoms with Crippen LogP contribution in [0.1, 0.15) is 9.67 Å². The topological polar surface area (TPSA) is 83.5 Å². The molecule has 0 radical (unpaired) electrons. The molecule has 0 bridgehead atoms.